The second-order valence-electron chi connectivity index (χ2n) is 7.86. The minimum absolute atomic E-state index is 0.127. The zero-order valence-corrected chi connectivity index (χ0v) is 17.2. The molecule has 1 fully saturated rings. The quantitative estimate of drug-likeness (QED) is 0.721. The van der Waals surface area contributed by atoms with Gasteiger partial charge in [-0.2, -0.15) is 0 Å². The third kappa shape index (κ3) is 3.20. The van der Waals surface area contributed by atoms with Crippen molar-refractivity contribution in [3.8, 4) is 17.1 Å². The molecule has 154 valence electrons. The Labute approximate surface area is 175 Å². The van der Waals surface area contributed by atoms with Gasteiger partial charge in [-0.05, 0) is 65.2 Å². The number of nitrogens with one attached hydrogen (secondary N) is 1. The highest BCUT2D eigenvalue weighted by Crippen LogP contribution is 2.45. The molecule has 3 heterocycles. The minimum atomic E-state index is -0.359. The van der Waals surface area contributed by atoms with E-state index in [-0.39, 0.29) is 11.6 Å². The van der Waals surface area contributed by atoms with Crippen LogP contribution in [0, 0.1) is 0 Å². The Morgan fingerprint density at radius 1 is 1.20 bits per heavy atom. The van der Waals surface area contributed by atoms with E-state index in [9.17, 15) is 0 Å². The van der Waals surface area contributed by atoms with Crippen molar-refractivity contribution in [3.05, 3.63) is 65.7 Å². The first-order chi connectivity index (χ1) is 14.7. The topological polar surface area (TPSA) is 74.1 Å². The number of hydrogen-bond donors (Lipinski definition) is 1. The summed E-state index contributed by atoms with van der Waals surface area (Å²) in [6.07, 6.45) is 4.36. The molecule has 1 saturated heterocycles. The molecule has 5 rings (SSSR count). The molecule has 2 aromatic carbocycles. The van der Waals surface area contributed by atoms with Gasteiger partial charge in [0.25, 0.3) is 0 Å². The Balaban J connectivity index is 1.56. The van der Waals surface area contributed by atoms with E-state index in [4.69, 9.17) is 9.47 Å². The van der Waals surface area contributed by atoms with E-state index in [1.807, 2.05) is 25.2 Å². The predicted octanol–water partition coefficient (Wildman–Crippen LogP) is 3.16. The third-order valence-electron chi connectivity index (χ3n) is 6.05. The normalized spacial score (nSPS) is 23.5. The highest BCUT2D eigenvalue weighted by atomic mass is 16.5. The molecular weight excluding hydrogens is 378 g/mol. The summed E-state index contributed by atoms with van der Waals surface area (Å²) in [5, 5.41) is 15.5. The van der Waals surface area contributed by atoms with Crippen LogP contribution in [0.4, 0.5) is 0 Å². The van der Waals surface area contributed by atoms with Crippen LogP contribution < -0.4 is 10.1 Å². The predicted molar refractivity (Wildman–Crippen MR) is 114 cm³/mol. The van der Waals surface area contributed by atoms with Crippen LogP contribution in [0.3, 0.4) is 0 Å². The van der Waals surface area contributed by atoms with Crippen LogP contribution in [0.15, 0.2) is 54.6 Å². The smallest absolute Gasteiger partial charge is 0.181 e. The number of benzene rings is 2. The monoisotopic (exact) mass is 403 g/mol. The lowest BCUT2D eigenvalue weighted by Gasteiger charge is -2.40. The number of rotatable bonds is 4. The first-order valence-electron chi connectivity index (χ1n) is 10.3. The Bertz CT molecular complexity index is 1080. The fourth-order valence-electron chi connectivity index (χ4n) is 4.60. The highest BCUT2D eigenvalue weighted by molar-refractivity contribution is 5.77. The average Bonchev–Trinajstić information content (AvgIpc) is 3.41. The molecule has 0 bridgehead atoms. The van der Waals surface area contributed by atoms with E-state index >= 15 is 0 Å². The van der Waals surface area contributed by atoms with Crippen molar-refractivity contribution in [2.24, 2.45) is 7.05 Å². The zero-order chi connectivity index (χ0) is 20.6. The summed E-state index contributed by atoms with van der Waals surface area (Å²) in [6, 6.07) is 16.7. The van der Waals surface area contributed by atoms with E-state index in [0.29, 0.717) is 6.61 Å². The summed E-state index contributed by atoms with van der Waals surface area (Å²) >= 11 is 0. The Hall–Kier alpha value is -3.03. The summed E-state index contributed by atoms with van der Waals surface area (Å²) in [4.78, 5) is 0. The standard InChI is InChI=1S/C23H25N5O2/c1-28-22(25-26-27-28)17-9-10-20(29-2)19(13-17)18-14-23(30-15-18)11-6-12-24-21(23)16-7-4-3-5-8-16/h3-5,7-10,13-14,21,24H,6,11-12,15H2,1-2H3/t21-,23+/m0/s1. The maximum Gasteiger partial charge on any atom is 0.181 e. The van der Waals surface area contributed by atoms with Crippen LogP contribution in [-0.4, -0.2) is 46.1 Å². The first kappa shape index (κ1) is 19.0. The summed E-state index contributed by atoms with van der Waals surface area (Å²) < 4.78 is 13.9. The van der Waals surface area contributed by atoms with Crippen molar-refractivity contribution in [2.75, 3.05) is 20.3 Å². The molecule has 0 radical (unpaired) electrons. The van der Waals surface area contributed by atoms with E-state index < -0.39 is 0 Å². The molecule has 7 heteroatoms. The van der Waals surface area contributed by atoms with Gasteiger partial charge in [0.2, 0.25) is 0 Å². The van der Waals surface area contributed by atoms with Crippen LogP contribution in [0.2, 0.25) is 0 Å². The van der Waals surface area contributed by atoms with Gasteiger partial charge in [0.15, 0.2) is 5.82 Å². The lowest BCUT2D eigenvalue weighted by Crippen LogP contribution is -2.47. The number of ether oxygens (including phenoxy) is 2. The molecule has 1 aromatic heterocycles. The molecule has 7 nitrogen and oxygen atoms in total. The second kappa shape index (κ2) is 7.66. The number of nitrogens with zero attached hydrogens (tertiary/aromatic N) is 4. The summed E-state index contributed by atoms with van der Waals surface area (Å²) in [5.41, 5.74) is 3.99. The van der Waals surface area contributed by atoms with Crippen molar-refractivity contribution in [3.63, 3.8) is 0 Å². The van der Waals surface area contributed by atoms with Crippen molar-refractivity contribution in [1.29, 1.82) is 0 Å². The number of tetrazole rings is 1. The van der Waals surface area contributed by atoms with Crippen molar-refractivity contribution >= 4 is 5.57 Å². The Morgan fingerprint density at radius 2 is 2.07 bits per heavy atom. The first-order valence-corrected chi connectivity index (χ1v) is 10.3. The van der Waals surface area contributed by atoms with Gasteiger partial charge in [-0.25, -0.2) is 4.68 Å². The van der Waals surface area contributed by atoms with E-state index in [2.05, 4.69) is 57.3 Å². The summed E-state index contributed by atoms with van der Waals surface area (Å²) in [5.74, 6) is 1.54. The Kier molecular flexibility index (Phi) is 4.84. The molecule has 1 N–H and O–H groups in total. The summed E-state index contributed by atoms with van der Waals surface area (Å²) in [6.45, 7) is 1.54. The van der Waals surface area contributed by atoms with E-state index in [1.54, 1.807) is 11.8 Å². The maximum atomic E-state index is 6.51. The molecule has 2 aliphatic heterocycles. The maximum absolute atomic E-state index is 6.51. The van der Waals surface area contributed by atoms with Gasteiger partial charge in [-0.1, -0.05) is 30.3 Å². The van der Waals surface area contributed by atoms with Gasteiger partial charge in [0.1, 0.15) is 11.4 Å². The van der Waals surface area contributed by atoms with Crippen LogP contribution >= 0.6 is 0 Å². The molecule has 2 atom stereocenters. The van der Waals surface area contributed by atoms with Gasteiger partial charge in [-0.15, -0.1) is 5.10 Å². The number of aryl methyl sites for hydroxylation is 1. The molecule has 3 aromatic rings. The third-order valence-corrected chi connectivity index (χ3v) is 6.05. The van der Waals surface area contributed by atoms with Crippen molar-refractivity contribution in [1.82, 2.24) is 25.5 Å². The number of piperidine rings is 1. The van der Waals surface area contributed by atoms with E-state index in [0.717, 1.165) is 47.7 Å². The largest absolute Gasteiger partial charge is 0.496 e. The SMILES string of the molecule is COc1ccc(-c2nnnn2C)cc1C1=C[C@@]2(CCCN[C@H]2c2ccccc2)OC1. The van der Waals surface area contributed by atoms with Crippen LogP contribution in [-0.2, 0) is 11.8 Å². The van der Waals surface area contributed by atoms with Gasteiger partial charge >= 0.3 is 0 Å². The number of methoxy groups -OCH3 is 1. The lowest BCUT2D eigenvalue weighted by molar-refractivity contribution is -0.0255. The molecule has 2 aliphatic rings. The van der Waals surface area contributed by atoms with Crippen molar-refractivity contribution < 1.29 is 9.47 Å². The molecule has 0 aliphatic carbocycles. The van der Waals surface area contributed by atoms with E-state index in [1.165, 1.54) is 5.56 Å². The van der Waals surface area contributed by atoms with Crippen molar-refractivity contribution in [2.45, 2.75) is 24.5 Å². The molecule has 0 amide bonds. The zero-order valence-electron chi connectivity index (χ0n) is 17.2. The fourth-order valence-corrected chi connectivity index (χ4v) is 4.60. The van der Waals surface area contributed by atoms with Crippen LogP contribution in [0.1, 0.15) is 30.0 Å². The number of hydrogen-bond acceptors (Lipinski definition) is 6. The molecule has 30 heavy (non-hydrogen) atoms. The molecule has 1 spiro atoms. The Morgan fingerprint density at radius 3 is 2.83 bits per heavy atom. The number of aromatic nitrogens is 4. The molecule has 0 unspecified atom stereocenters. The van der Waals surface area contributed by atoms with Crippen LogP contribution in [0.5, 0.6) is 5.75 Å². The van der Waals surface area contributed by atoms with Gasteiger partial charge in [-0.3, -0.25) is 0 Å². The lowest BCUT2D eigenvalue weighted by atomic mass is 9.81. The van der Waals surface area contributed by atoms with Gasteiger partial charge < -0.3 is 14.8 Å². The molecular formula is C23H25N5O2. The van der Waals surface area contributed by atoms with Crippen LogP contribution in [0.25, 0.3) is 17.0 Å². The summed E-state index contributed by atoms with van der Waals surface area (Å²) in [7, 11) is 3.54. The van der Waals surface area contributed by atoms with Gasteiger partial charge in [0, 0.05) is 18.2 Å². The van der Waals surface area contributed by atoms with Gasteiger partial charge in [0.05, 0.1) is 19.8 Å². The molecule has 0 saturated carbocycles. The fraction of sp³-hybridized carbons (Fsp3) is 0.348. The highest BCUT2D eigenvalue weighted by Gasteiger charge is 2.44. The minimum Gasteiger partial charge on any atom is -0.496 e. The second-order valence-corrected chi connectivity index (χ2v) is 7.86. The average molecular weight is 403 g/mol.